The lowest BCUT2D eigenvalue weighted by molar-refractivity contribution is -0.132. The molecule has 0 radical (unpaired) electrons. The lowest BCUT2D eigenvalue weighted by Gasteiger charge is -2.36. The molecule has 0 unspecified atom stereocenters. The second-order valence-corrected chi connectivity index (χ2v) is 8.21. The van der Waals surface area contributed by atoms with E-state index in [0.29, 0.717) is 54.3 Å². The van der Waals surface area contributed by atoms with Crippen LogP contribution in [0.25, 0.3) is 23.0 Å². The normalized spacial score (nSPS) is 14.0. The predicted octanol–water partition coefficient (Wildman–Crippen LogP) is 4.35. The van der Waals surface area contributed by atoms with Crippen molar-refractivity contribution in [3.8, 4) is 23.0 Å². The molecule has 0 saturated carbocycles. The van der Waals surface area contributed by atoms with Crippen molar-refractivity contribution in [3.63, 3.8) is 0 Å². The van der Waals surface area contributed by atoms with Gasteiger partial charge in [0.05, 0.1) is 5.69 Å². The molecule has 9 heteroatoms. The Morgan fingerprint density at radius 2 is 1.76 bits per heavy atom. The number of rotatable bonds is 5. The SMILES string of the molecule is O=C(Cn1cccc1-c1nc(-c2ccc(Cl)cc2)no1)N1CCN(c2ccccc2F)CC1. The zero-order chi connectivity index (χ0) is 22.8. The van der Waals surface area contributed by atoms with E-state index in [1.807, 2.05) is 41.4 Å². The number of piperazine rings is 1. The van der Waals surface area contributed by atoms with Crippen LogP contribution < -0.4 is 4.90 Å². The van der Waals surface area contributed by atoms with Gasteiger partial charge < -0.3 is 18.9 Å². The first-order valence-electron chi connectivity index (χ1n) is 10.6. The van der Waals surface area contributed by atoms with Crippen molar-refractivity contribution < 1.29 is 13.7 Å². The number of hydrogen-bond acceptors (Lipinski definition) is 5. The summed E-state index contributed by atoms with van der Waals surface area (Å²) in [5.74, 6) is 0.525. The average Bonchev–Trinajstić information content (AvgIpc) is 3.50. The van der Waals surface area contributed by atoms with Crippen LogP contribution in [0.15, 0.2) is 71.4 Å². The number of amides is 1. The second-order valence-electron chi connectivity index (χ2n) is 7.77. The molecule has 0 bridgehead atoms. The highest BCUT2D eigenvalue weighted by Gasteiger charge is 2.24. The van der Waals surface area contributed by atoms with Crippen LogP contribution in [0.1, 0.15) is 0 Å². The fourth-order valence-corrected chi connectivity index (χ4v) is 4.07. The number of carbonyl (C=O) groups excluding carboxylic acids is 1. The summed E-state index contributed by atoms with van der Waals surface area (Å²) in [6, 6.07) is 17.6. The summed E-state index contributed by atoms with van der Waals surface area (Å²) in [7, 11) is 0. The summed E-state index contributed by atoms with van der Waals surface area (Å²) in [6.45, 7) is 2.38. The fourth-order valence-electron chi connectivity index (χ4n) is 3.94. The standard InChI is InChI=1S/C24H21ClFN5O2/c25-18-9-7-17(8-10-18)23-27-24(33-28-23)21-6-3-11-31(21)16-22(32)30-14-12-29(13-15-30)20-5-2-1-4-19(20)26/h1-11H,12-16H2. The molecule has 5 rings (SSSR count). The van der Waals surface area contributed by atoms with Gasteiger partial charge in [-0.3, -0.25) is 4.79 Å². The maximum Gasteiger partial charge on any atom is 0.274 e. The van der Waals surface area contributed by atoms with Crippen molar-refractivity contribution in [1.82, 2.24) is 19.6 Å². The van der Waals surface area contributed by atoms with Crippen molar-refractivity contribution in [2.24, 2.45) is 0 Å². The zero-order valence-electron chi connectivity index (χ0n) is 17.7. The van der Waals surface area contributed by atoms with E-state index in [1.165, 1.54) is 6.07 Å². The Labute approximate surface area is 195 Å². The summed E-state index contributed by atoms with van der Waals surface area (Å²) >= 11 is 5.94. The van der Waals surface area contributed by atoms with E-state index in [0.717, 1.165) is 5.56 Å². The van der Waals surface area contributed by atoms with Gasteiger partial charge in [-0.1, -0.05) is 28.9 Å². The molecular weight excluding hydrogens is 445 g/mol. The number of hydrogen-bond donors (Lipinski definition) is 0. The van der Waals surface area contributed by atoms with Crippen LogP contribution in [0, 0.1) is 5.82 Å². The maximum atomic E-state index is 14.1. The van der Waals surface area contributed by atoms with E-state index in [9.17, 15) is 9.18 Å². The first-order chi connectivity index (χ1) is 16.1. The second kappa shape index (κ2) is 9.07. The molecule has 1 aliphatic rings. The van der Waals surface area contributed by atoms with Gasteiger partial charge in [-0.2, -0.15) is 4.98 Å². The molecule has 7 nitrogen and oxygen atoms in total. The first-order valence-corrected chi connectivity index (χ1v) is 11.0. The summed E-state index contributed by atoms with van der Waals surface area (Å²) in [4.78, 5) is 21.2. The Morgan fingerprint density at radius 1 is 1.00 bits per heavy atom. The predicted molar refractivity (Wildman–Crippen MR) is 123 cm³/mol. The van der Waals surface area contributed by atoms with Gasteiger partial charge >= 0.3 is 0 Å². The van der Waals surface area contributed by atoms with E-state index in [-0.39, 0.29) is 18.3 Å². The van der Waals surface area contributed by atoms with Gasteiger partial charge in [0, 0.05) is 43.0 Å². The fraction of sp³-hybridized carbons (Fsp3) is 0.208. The Morgan fingerprint density at radius 3 is 2.52 bits per heavy atom. The van der Waals surface area contributed by atoms with Gasteiger partial charge in [0.25, 0.3) is 5.89 Å². The Balaban J connectivity index is 1.25. The third-order valence-electron chi connectivity index (χ3n) is 5.71. The highest BCUT2D eigenvalue weighted by atomic mass is 35.5. The van der Waals surface area contributed by atoms with E-state index >= 15 is 0 Å². The minimum absolute atomic E-state index is 0.0157. The molecule has 0 spiro atoms. The number of nitrogens with zero attached hydrogens (tertiary/aromatic N) is 5. The summed E-state index contributed by atoms with van der Waals surface area (Å²) in [5, 5.41) is 4.68. The van der Waals surface area contributed by atoms with Gasteiger partial charge in [0.2, 0.25) is 11.7 Å². The summed E-state index contributed by atoms with van der Waals surface area (Å²) in [6.07, 6.45) is 1.81. The molecule has 33 heavy (non-hydrogen) atoms. The maximum absolute atomic E-state index is 14.1. The quantitative estimate of drug-likeness (QED) is 0.438. The molecule has 1 aliphatic heterocycles. The minimum atomic E-state index is -0.244. The minimum Gasteiger partial charge on any atom is -0.366 e. The smallest absolute Gasteiger partial charge is 0.274 e. The van der Waals surface area contributed by atoms with Crippen molar-refractivity contribution in [2.75, 3.05) is 31.1 Å². The molecule has 4 aromatic rings. The van der Waals surface area contributed by atoms with Crippen LogP contribution in [0.2, 0.25) is 5.02 Å². The molecular formula is C24H21ClFN5O2. The highest BCUT2D eigenvalue weighted by molar-refractivity contribution is 6.30. The third kappa shape index (κ3) is 4.47. The topological polar surface area (TPSA) is 67.4 Å². The molecule has 0 atom stereocenters. The van der Waals surface area contributed by atoms with Gasteiger partial charge in [0.1, 0.15) is 18.1 Å². The molecule has 0 N–H and O–H groups in total. The van der Waals surface area contributed by atoms with Crippen LogP contribution in [-0.4, -0.2) is 51.7 Å². The van der Waals surface area contributed by atoms with Gasteiger partial charge in [-0.15, -0.1) is 0 Å². The number of aromatic nitrogens is 3. The number of benzene rings is 2. The number of para-hydroxylation sites is 1. The zero-order valence-corrected chi connectivity index (χ0v) is 18.5. The molecule has 0 aliphatic carbocycles. The molecule has 1 amide bonds. The van der Waals surface area contributed by atoms with E-state index in [2.05, 4.69) is 10.1 Å². The lowest BCUT2D eigenvalue weighted by atomic mass is 10.2. The Hall–Kier alpha value is -3.65. The van der Waals surface area contributed by atoms with Crippen LogP contribution in [0.4, 0.5) is 10.1 Å². The van der Waals surface area contributed by atoms with Gasteiger partial charge in [-0.25, -0.2) is 4.39 Å². The van der Waals surface area contributed by atoms with Crippen molar-refractivity contribution >= 4 is 23.2 Å². The largest absolute Gasteiger partial charge is 0.366 e. The third-order valence-corrected chi connectivity index (χ3v) is 5.96. The monoisotopic (exact) mass is 465 g/mol. The summed E-state index contributed by atoms with van der Waals surface area (Å²) in [5.41, 5.74) is 2.03. The molecule has 3 heterocycles. The number of anilines is 1. The average molecular weight is 466 g/mol. The molecule has 2 aromatic heterocycles. The van der Waals surface area contributed by atoms with Crippen molar-refractivity contribution in [1.29, 1.82) is 0 Å². The Bertz CT molecular complexity index is 1260. The van der Waals surface area contributed by atoms with Crippen molar-refractivity contribution in [2.45, 2.75) is 6.54 Å². The molecule has 2 aromatic carbocycles. The Kier molecular flexibility index (Phi) is 5.83. The molecule has 1 saturated heterocycles. The lowest BCUT2D eigenvalue weighted by Crippen LogP contribution is -2.49. The van der Waals surface area contributed by atoms with E-state index in [1.54, 1.807) is 33.7 Å². The van der Waals surface area contributed by atoms with Crippen LogP contribution in [0.5, 0.6) is 0 Å². The van der Waals surface area contributed by atoms with E-state index < -0.39 is 0 Å². The highest BCUT2D eigenvalue weighted by Crippen LogP contribution is 2.24. The molecule has 168 valence electrons. The first kappa shape index (κ1) is 21.2. The van der Waals surface area contributed by atoms with Crippen LogP contribution >= 0.6 is 11.6 Å². The van der Waals surface area contributed by atoms with E-state index in [4.69, 9.17) is 16.1 Å². The number of carbonyl (C=O) groups is 1. The van der Waals surface area contributed by atoms with Crippen LogP contribution in [-0.2, 0) is 11.3 Å². The molecule has 1 fully saturated rings. The van der Waals surface area contributed by atoms with Crippen LogP contribution in [0.3, 0.4) is 0 Å². The van der Waals surface area contributed by atoms with Crippen molar-refractivity contribution in [3.05, 3.63) is 77.7 Å². The number of halogens is 2. The van der Waals surface area contributed by atoms with Gasteiger partial charge in [-0.05, 0) is 48.5 Å². The van der Waals surface area contributed by atoms with Gasteiger partial charge in [0.15, 0.2) is 0 Å². The summed E-state index contributed by atoms with van der Waals surface area (Å²) < 4.78 is 21.3.